The van der Waals surface area contributed by atoms with Gasteiger partial charge in [-0.2, -0.15) is 0 Å². The number of nitrogen functional groups attached to an aromatic ring is 1. The van der Waals surface area contributed by atoms with Crippen molar-refractivity contribution in [3.8, 4) is 0 Å². The highest BCUT2D eigenvalue weighted by Gasteiger charge is 2.21. The third kappa shape index (κ3) is 2.57. The Morgan fingerprint density at radius 2 is 1.90 bits per heavy atom. The molecule has 1 heterocycles. The molecule has 0 aromatic heterocycles. The van der Waals surface area contributed by atoms with Gasteiger partial charge in [0.2, 0.25) is 0 Å². The maximum atomic E-state index is 11.5. The number of nitrogens with zero attached hydrogens (tertiary/aromatic N) is 1. The van der Waals surface area contributed by atoms with E-state index in [-0.39, 0.29) is 5.56 Å². The average molecular weight is 282 g/mol. The van der Waals surface area contributed by atoms with Gasteiger partial charge in [-0.25, -0.2) is 4.79 Å². The van der Waals surface area contributed by atoms with Gasteiger partial charge in [0.25, 0.3) is 0 Å². The van der Waals surface area contributed by atoms with Gasteiger partial charge in [0.15, 0.2) is 0 Å². The molecule has 0 saturated heterocycles. The number of carboxylic acid groups (broad SMARTS) is 1. The van der Waals surface area contributed by atoms with Gasteiger partial charge in [0.1, 0.15) is 0 Å². The third-order valence-corrected chi connectivity index (χ3v) is 3.90. The lowest BCUT2D eigenvalue weighted by molar-refractivity contribution is 0.0697. The molecule has 0 radical (unpaired) electrons. The lowest BCUT2D eigenvalue weighted by atomic mass is 10.1. The summed E-state index contributed by atoms with van der Waals surface area (Å²) in [6, 6.07) is 13.3. The molecule has 0 unspecified atom stereocenters. The van der Waals surface area contributed by atoms with Gasteiger partial charge in [-0.05, 0) is 49.1 Å². The highest BCUT2D eigenvalue weighted by atomic mass is 16.4. The highest BCUT2D eigenvalue weighted by molar-refractivity contribution is 5.97. The van der Waals surface area contributed by atoms with Crippen LogP contribution in [0, 0.1) is 0 Å². The molecule has 3 rings (SSSR count). The molecule has 2 aromatic carbocycles. The van der Waals surface area contributed by atoms with Crippen LogP contribution in [0.3, 0.4) is 0 Å². The summed E-state index contributed by atoms with van der Waals surface area (Å²) in [6.45, 7) is 0.821. The molecule has 0 saturated carbocycles. The van der Waals surface area contributed by atoms with Gasteiger partial charge in [0, 0.05) is 17.9 Å². The number of rotatable bonds is 2. The molecule has 1 aliphatic heterocycles. The number of fused-ring (bicyclic) bond motifs is 1. The van der Waals surface area contributed by atoms with Crippen LogP contribution < -0.4 is 10.6 Å². The molecular formula is C17H18N2O2. The van der Waals surface area contributed by atoms with Gasteiger partial charge in [-0.15, -0.1) is 0 Å². The fourth-order valence-corrected chi connectivity index (χ4v) is 2.90. The maximum Gasteiger partial charge on any atom is 0.337 e. The van der Waals surface area contributed by atoms with E-state index < -0.39 is 5.97 Å². The number of nitrogens with two attached hydrogens (primary N) is 1. The summed E-state index contributed by atoms with van der Waals surface area (Å²) < 4.78 is 0. The van der Waals surface area contributed by atoms with Crippen molar-refractivity contribution >= 4 is 23.0 Å². The largest absolute Gasteiger partial charge is 0.478 e. The minimum absolute atomic E-state index is 0.256. The number of hydrogen-bond acceptors (Lipinski definition) is 3. The second-order valence-electron chi connectivity index (χ2n) is 5.32. The summed E-state index contributed by atoms with van der Waals surface area (Å²) in [7, 11) is 0. The molecule has 0 spiro atoms. The van der Waals surface area contributed by atoms with Gasteiger partial charge >= 0.3 is 5.97 Å². The number of carbonyl (C=O) groups is 1. The molecule has 3 N–H and O–H groups in total. The normalized spacial score (nSPS) is 14.4. The predicted molar refractivity (Wildman–Crippen MR) is 84.2 cm³/mol. The van der Waals surface area contributed by atoms with Crippen molar-refractivity contribution in [1.82, 2.24) is 0 Å². The molecule has 4 heteroatoms. The monoisotopic (exact) mass is 282 g/mol. The van der Waals surface area contributed by atoms with Crippen molar-refractivity contribution in [1.29, 1.82) is 0 Å². The first-order chi connectivity index (χ1) is 10.2. The molecule has 2 aromatic rings. The average Bonchev–Trinajstić information content (AvgIpc) is 2.69. The molecule has 0 bridgehead atoms. The smallest absolute Gasteiger partial charge is 0.337 e. The van der Waals surface area contributed by atoms with Crippen LogP contribution in [0.5, 0.6) is 0 Å². The second-order valence-corrected chi connectivity index (χ2v) is 5.32. The molecule has 0 fully saturated rings. The predicted octanol–water partition coefficient (Wildman–Crippen LogP) is 3.44. The van der Waals surface area contributed by atoms with Gasteiger partial charge in [0.05, 0.1) is 11.3 Å². The fraction of sp³-hybridized carbons (Fsp3) is 0.235. The molecule has 1 aliphatic rings. The summed E-state index contributed by atoms with van der Waals surface area (Å²) in [5, 5.41) is 9.46. The number of hydrogen-bond donors (Lipinski definition) is 2. The quantitative estimate of drug-likeness (QED) is 0.828. The van der Waals surface area contributed by atoms with Crippen molar-refractivity contribution in [2.75, 3.05) is 17.2 Å². The summed E-state index contributed by atoms with van der Waals surface area (Å²) in [4.78, 5) is 13.6. The van der Waals surface area contributed by atoms with Crippen LogP contribution in [-0.4, -0.2) is 17.6 Å². The van der Waals surface area contributed by atoms with Crippen molar-refractivity contribution in [3.05, 3.63) is 53.6 Å². The zero-order valence-electron chi connectivity index (χ0n) is 11.7. The highest BCUT2D eigenvalue weighted by Crippen LogP contribution is 2.35. The molecule has 21 heavy (non-hydrogen) atoms. The third-order valence-electron chi connectivity index (χ3n) is 3.90. The van der Waals surface area contributed by atoms with E-state index in [0.717, 1.165) is 31.5 Å². The zero-order valence-corrected chi connectivity index (χ0v) is 11.7. The van der Waals surface area contributed by atoms with Crippen molar-refractivity contribution in [2.45, 2.75) is 19.3 Å². The van der Waals surface area contributed by atoms with Crippen LogP contribution in [0.25, 0.3) is 0 Å². The first kappa shape index (κ1) is 13.5. The standard InChI is InChI=1S/C17H18N2O2/c18-13-8-9-16(14(11-13)17(20)21)19-10-4-3-6-12-5-1-2-7-15(12)19/h1-2,5,7-9,11H,3-4,6,10,18H2,(H,20,21). The van der Waals surface area contributed by atoms with E-state index in [1.54, 1.807) is 12.1 Å². The first-order valence-corrected chi connectivity index (χ1v) is 7.15. The molecule has 108 valence electrons. The Balaban J connectivity index is 2.14. The number of benzene rings is 2. The Morgan fingerprint density at radius 1 is 1.10 bits per heavy atom. The fourth-order valence-electron chi connectivity index (χ4n) is 2.90. The minimum Gasteiger partial charge on any atom is -0.478 e. The molecular weight excluding hydrogens is 264 g/mol. The Morgan fingerprint density at radius 3 is 2.71 bits per heavy atom. The van der Waals surface area contributed by atoms with Crippen LogP contribution in [0.4, 0.5) is 17.1 Å². The van der Waals surface area contributed by atoms with Crippen LogP contribution in [-0.2, 0) is 6.42 Å². The van der Waals surface area contributed by atoms with Crippen LogP contribution >= 0.6 is 0 Å². The zero-order chi connectivity index (χ0) is 14.8. The summed E-state index contributed by atoms with van der Waals surface area (Å²) in [5.41, 5.74) is 9.55. The van der Waals surface area contributed by atoms with E-state index in [2.05, 4.69) is 17.0 Å². The van der Waals surface area contributed by atoms with E-state index >= 15 is 0 Å². The lowest BCUT2D eigenvalue weighted by Crippen LogP contribution is -2.20. The number of para-hydroxylation sites is 1. The summed E-state index contributed by atoms with van der Waals surface area (Å²) >= 11 is 0. The molecule has 0 aliphatic carbocycles. The van der Waals surface area contributed by atoms with E-state index in [1.165, 1.54) is 11.6 Å². The van der Waals surface area contributed by atoms with E-state index in [4.69, 9.17) is 5.73 Å². The van der Waals surface area contributed by atoms with Gasteiger partial charge in [-0.3, -0.25) is 0 Å². The number of aromatic carboxylic acids is 1. The number of aryl methyl sites for hydroxylation is 1. The van der Waals surface area contributed by atoms with E-state index in [0.29, 0.717) is 11.4 Å². The van der Waals surface area contributed by atoms with Crippen LogP contribution in [0.15, 0.2) is 42.5 Å². The Bertz CT molecular complexity index is 682. The van der Waals surface area contributed by atoms with Crippen molar-refractivity contribution in [2.24, 2.45) is 0 Å². The Hall–Kier alpha value is -2.49. The SMILES string of the molecule is Nc1ccc(N2CCCCc3ccccc32)c(C(=O)O)c1. The molecule has 0 amide bonds. The van der Waals surface area contributed by atoms with Crippen LogP contribution in [0.1, 0.15) is 28.8 Å². The van der Waals surface area contributed by atoms with Gasteiger partial charge < -0.3 is 15.7 Å². The lowest BCUT2D eigenvalue weighted by Gasteiger charge is -2.26. The topological polar surface area (TPSA) is 66.6 Å². The van der Waals surface area contributed by atoms with E-state index in [9.17, 15) is 9.90 Å². The van der Waals surface area contributed by atoms with Gasteiger partial charge in [-0.1, -0.05) is 18.2 Å². The van der Waals surface area contributed by atoms with E-state index in [1.807, 2.05) is 12.1 Å². The Labute approximate surface area is 123 Å². The van der Waals surface area contributed by atoms with Crippen molar-refractivity contribution in [3.63, 3.8) is 0 Å². The maximum absolute atomic E-state index is 11.5. The van der Waals surface area contributed by atoms with Crippen LogP contribution in [0.2, 0.25) is 0 Å². The molecule has 0 atom stereocenters. The first-order valence-electron chi connectivity index (χ1n) is 7.15. The Kier molecular flexibility index (Phi) is 3.52. The minimum atomic E-state index is -0.945. The second kappa shape index (κ2) is 5.48. The molecule has 4 nitrogen and oxygen atoms in total. The van der Waals surface area contributed by atoms with Crippen molar-refractivity contribution < 1.29 is 9.90 Å². The summed E-state index contributed by atoms with van der Waals surface area (Å²) in [6.07, 6.45) is 3.19. The number of anilines is 3. The number of carboxylic acids is 1. The summed E-state index contributed by atoms with van der Waals surface area (Å²) in [5.74, 6) is -0.945.